The summed E-state index contributed by atoms with van der Waals surface area (Å²) in [5.41, 5.74) is 5.00. The Labute approximate surface area is 179 Å². The third-order valence-corrected chi connectivity index (χ3v) is 5.59. The highest BCUT2D eigenvalue weighted by Gasteiger charge is 2.10. The van der Waals surface area contributed by atoms with Gasteiger partial charge in [-0.2, -0.15) is 0 Å². The molecule has 0 aliphatic heterocycles. The molecule has 0 atom stereocenters. The monoisotopic (exact) mass is 417 g/mol. The summed E-state index contributed by atoms with van der Waals surface area (Å²) >= 11 is 1.60. The average Bonchev–Trinajstić information content (AvgIpc) is 3.39. The first kappa shape index (κ1) is 20.0. The minimum absolute atomic E-state index is 0.0335. The second-order valence-electron chi connectivity index (χ2n) is 7.18. The van der Waals surface area contributed by atoms with Crippen molar-refractivity contribution in [1.82, 2.24) is 15.3 Å². The predicted molar refractivity (Wildman–Crippen MR) is 118 cm³/mol. The van der Waals surface area contributed by atoms with Crippen molar-refractivity contribution < 1.29 is 9.21 Å². The molecular formula is C24H23N3O2S. The highest BCUT2D eigenvalue weighted by Crippen LogP contribution is 2.19. The fourth-order valence-corrected chi connectivity index (χ4v) is 3.92. The number of nitrogens with zero attached hydrogens (tertiary/aromatic N) is 2. The minimum atomic E-state index is -0.0335. The highest BCUT2D eigenvalue weighted by atomic mass is 32.1. The van der Waals surface area contributed by atoms with Crippen molar-refractivity contribution in [3.8, 4) is 11.5 Å². The maximum absolute atomic E-state index is 12.2. The van der Waals surface area contributed by atoms with Gasteiger partial charge in [0.25, 0.3) is 0 Å². The number of rotatable bonds is 8. The van der Waals surface area contributed by atoms with Gasteiger partial charge in [0.2, 0.25) is 11.8 Å². The smallest absolute Gasteiger partial charge is 0.226 e. The van der Waals surface area contributed by atoms with Crippen LogP contribution in [0.5, 0.6) is 0 Å². The van der Waals surface area contributed by atoms with E-state index in [0.717, 1.165) is 28.4 Å². The van der Waals surface area contributed by atoms with Gasteiger partial charge in [-0.25, -0.2) is 9.97 Å². The van der Waals surface area contributed by atoms with Gasteiger partial charge < -0.3 is 9.73 Å². The summed E-state index contributed by atoms with van der Waals surface area (Å²) in [5.74, 6) is 0.568. The quantitative estimate of drug-likeness (QED) is 0.455. The van der Waals surface area contributed by atoms with Crippen molar-refractivity contribution >= 4 is 17.2 Å². The summed E-state index contributed by atoms with van der Waals surface area (Å²) in [5, 5.41) is 5.92. The molecule has 4 rings (SSSR count). The van der Waals surface area contributed by atoms with Crippen molar-refractivity contribution in [2.75, 3.05) is 6.54 Å². The van der Waals surface area contributed by atoms with Crippen molar-refractivity contribution in [3.63, 3.8) is 0 Å². The van der Waals surface area contributed by atoms with Crippen LogP contribution in [0.1, 0.15) is 27.5 Å². The van der Waals surface area contributed by atoms with E-state index in [1.54, 1.807) is 17.6 Å². The molecule has 0 unspecified atom stereocenters. The van der Waals surface area contributed by atoms with Crippen LogP contribution in [0.15, 0.2) is 70.7 Å². The van der Waals surface area contributed by atoms with Crippen LogP contribution in [0.25, 0.3) is 11.5 Å². The van der Waals surface area contributed by atoms with Crippen molar-refractivity contribution in [3.05, 3.63) is 93.8 Å². The average molecular weight is 418 g/mol. The number of oxazole rings is 1. The zero-order valence-electron chi connectivity index (χ0n) is 16.8. The second-order valence-corrected chi connectivity index (χ2v) is 8.12. The van der Waals surface area contributed by atoms with E-state index in [2.05, 4.69) is 27.4 Å². The molecule has 4 aromatic rings. The van der Waals surface area contributed by atoms with Gasteiger partial charge in [-0.1, -0.05) is 48.0 Å². The molecule has 1 amide bonds. The van der Waals surface area contributed by atoms with Crippen molar-refractivity contribution in [2.24, 2.45) is 0 Å². The molecule has 1 N–H and O–H groups in total. The second kappa shape index (κ2) is 9.50. The van der Waals surface area contributed by atoms with Gasteiger partial charge in [0.1, 0.15) is 6.26 Å². The van der Waals surface area contributed by atoms with Gasteiger partial charge in [0, 0.05) is 30.3 Å². The molecule has 2 heterocycles. The van der Waals surface area contributed by atoms with Gasteiger partial charge in [-0.3, -0.25) is 4.79 Å². The van der Waals surface area contributed by atoms with E-state index in [-0.39, 0.29) is 5.91 Å². The molecule has 2 aromatic heterocycles. The topological polar surface area (TPSA) is 68.0 Å². The number of hydrogen-bond acceptors (Lipinski definition) is 5. The summed E-state index contributed by atoms with van der Waals surface area (Å²) in [4.78, 5) is 21.3. The number of nitrogens with one attached hydrogen (secondary N) is 1. The minimum Gasteiger partial charge on any atom is -0.444 e. The molecule has 5 nitrogen and oxygen atoms in total. The van der Waals surface area contributed by atoms with Gasteiger partial charge >= 0.3 is 0 Å². The number of thiazole rings is 1. The van der Waals surface area contributed by atoms with Gasteiger partial charge in [-0.05, 0) is 24.6 Å². The third kappa shape index (κ3) is 5.42. The normalized spacial score (nSPS) is 10.8. The number of aryl methyl sites for hydroxylation is 1. The van der Waals surface area contributed by atoms with E-state index in [1.807, 2.05) is 54.8 Å². The lowest BCUT2D eigenvalue weighted by molar-refractivity contribution is -0.120. The molecular weight excluding hydrogens is 394 g/mol. The zero-order valence-corrected chi connectivity index (χ0v) is 17.6. The number of hydrogen-bond donors (Lipinski definition) is 1. The number of amides is 1. The maximum atomic E-state index is 12.2. The molecule has 0 radical (unpaired) electrons. The summed E-state index contributed by atoms with van der Waals surface area (Å²) in [6.07, 6.45) is 3.36. The van der Waals surface area contributed by atoms with Gasteiger partial charge in [0.05, 0.1) is 22.8 Å². The Kier molecular flexibility index (Phi) is 6.35. The summed E-state index contributed by atoms with van der Waals surface area (Å²) in [6.45, 7) is 2.56. The number of aromatic nitrogens is 2. The van der Waals surface area contributed by atoms with Crippen LogP contribution >= 0.6 is 11.3 Å². The van der Waals surface area contributed by atoms with Gasteiger partial charge in [0.15, 0.2) is 0 Å². The van der Waals surface area contributed by atoms with E-state index in [0.29, 0.717) is 25.3 Å². The third-order valence-electron chi connectivity index (χ3n) is 4.69. The Morgan fingerprint density at radius 3 is 2.63 bits per heavy atom. The van der Waals surface area contributed by atoms with Crippen LogP contribution in [0.4, 0.5) is 0 Å². The molecule has 0 aliphatic rings. The molecule has 0 saturated heterocycles. The van der Waals surface area contributed by atoms with Gasteiger partial charge in [-0.15, -0.1) is 11.3 Å². The molecule has 0 spiro atoms. The van der Waals surface area contributed by atoms with Crippen LogP contribution < -0.4 is 5.32 Å². The Balaban J connectivity index is 1.23. The molecule has 6 heteroatoms. The lowest BCUT2D eigenvalue weighted by atomic mass is 10.1. The molecule has 152 valence electrons. The van der Waals surface area contributed by atoms with E-state index in [4.69, 9.17) is 4.42 Å². The van der Waals surface area contributed by atoms with Crippen molar-refractivity contribution in [1.29, 1.82) is 0 Å². The Morgan fingerprint density at radius 1 is 1.03 bits per heavy atom. The zero-order chi connectivity index (χ0) is 20.8. The van der Waals surface area contributed by atoms with Crippen LogP contribution in [0, 0.1) is 6.92 Å². The lowest BCUT2D eigenvalue weighted by Gasteiger charge is -2.02. The Bertz CT molecular complexity index is 1100. The maximum Gasteiger partial charge on any atom is 0.226 e. The van der Waals surface area contributed by atoms with E-state index in [9.17, 15) is 4.79 Å². The number of carbonyl (C=O) groups excluding carboxylic acids is 1. The molecule has 0 bridgehead atoms. The first-order valence-electron chi connectivity index (χ1n) is 9.91. The molecule has 0 fully saturated rings. The first-order chi connectivity index (χ1) is 14.7. The van der Waals surface area contributed by atoms with Crippen LogP contribution in [0.3, 0.4) is 0 Å². The predicted octanol–water partition coefficient (Wildman–Crippen LogP) is 4.60. The van der Waals surface area contributed by atoms with Crippen LogP contribution in [-0.2, 0) is 24.1 Å². The Morgan fingerprint density at radius 2 is 1.83 bits per heavy atom. The standard InChI is InChI=1S/C24H23N3O2S/c1-17-7-9-19(10-8-17)24-27-20(15-29-24)11-12-25-22(28)14-21-16-30-23(26-21)13-18-5-3-2-4-6-18/h2-10,15-16H,11-14H2,1H3,(H,25,28). The van der Waals surface area contributed by atoms with Crippen LogP contribution in [-0.4, -0.2) is 22.4 Å². The van der Waals surface area contributed by atoms with E-state index in [1.165, 1.54) is 11.1 Å². The Hall–Kier alpha value is -3.25. The fraction of sp³-hybridized carbons (Fsp3) is 0.208. The number of carbonyl (C=O) groups is 1. The molecule has 30 heavy (non-hydrogen) atoms. The first-order valence-corrected chi connectivity index (χ1v) is 10.8. The molecule has 0 aliphatic carbocycles. The van der Waals surface area contributed by atoms with E-state index < -0.39 is 0 Å². The molecule has 0 saturated carbocycles. The highest BCUT2D eigenvalue weighted by molar-refractivity contribution is 7.09. The lowest BCUT2D eigenvalue weighted by Crippen LogP contribution is -2.27. The SMILES string of the molecule is Cc1ccc(-c2nc(CCNC(=O)Cc3csc(Cc4ccccc4)n3)co2)cc1. The summed E-state index contributed by atoms with van der Waals surface area (Å²) in [6, 6.07) is 18.3. The van der Waals surface area contributed by atoms with Crippen LogP contribution in [0.2, 0.25) is 0 Å². The van der Waals surface area contributed by atoms with Crippen molar-refractivity contribution in [2.45, 2.75) is 26.2 Å². The summed E-state index contributed by atoms with van der Waals surface area (Å²) < 4.78 is 5.56. The number of benzene rings is 2. The van der Waals surface area contributed by atoms with E-state index >= 15 is 0 Å². The largest absolute Gasteiger partial charge is 0.444 e. The summed E-state index contributed by atoms with van der Waals surface area (Å²) in [7, 11) is 0. The molecule has 2 aromatic carbocycles. The fourth-order valence-electron chi connectivity index (χ4n) is 3.09.